The zero-order valence-electron chi connectivity index (χ0n) is 17.2. The second-order valence-corrected chi connectivity index (χ2v) is 7.93. The lowest BCUT2D eigenvalue weighted by Crippen LogP contribution is -2.36. The van der Waals surface area contributed by atoms with E-state index in [4.69, 9.17) is 0 Å². The predicted octanol–water partition coefficient (Wildman–Crippen LogP) is 1.03. The highest BCUT2D eigenvalue weighted by Gasteiger charge is 2.30. The maximum Gasteiger partial charge on any atom is 0.274 e. The van der Waals surface area contributed by atoms with Crippen molar-refractivity contribution in [1.29, 1.82) is 0 Å². The second kappa shape index (κ2) is 8.14. The summed E-state index contributed by atoms with van der Waals surface area (Å²) in [5.74, 6) is 0.807. The monoisotopic (exact) mass is 387 g/mol. The van der Waals surface area contributed by atoms with Gasteiger partial charge in [-0.2, -0.15) is 5.10 Å². The normalized spacial score (nSPS) is 17.0. The molecule has 1 aliphatic heterocycles. The van der Waals surface area contributed by atoms with Crippen molar-refractivity contribution in [3.05, 3.63) is 39.6 Å². The molecule has 152 valence electrons. The van der Waals surface area contributed by atoms with Crippen molar-refractivity contribution in [3.8, 4) is 0 Å². The van der Waals surface area contributed by atoms with Crippen LogP contribution >= 0.6 is 0 Å². The third-order valence-electron chi connectivity index (χ3n) is 5.13. The first-order chi connectivity index (χ1) is 13.2. The SMILES string of the molecule is CC(C)c1cc(C(=O)N2CC[C@@H](N(C)Cc3cc(=O)[nH]c(N(C)C)n3)C2)n[nH]1. The molecule has 0 bridgehead atoms. The minimum Gasteiger partial charge on any atom is -0.348 e. The summed E-state index contributed by atoms with van der Waals surface area (Å²) in [6, 6.07) is 3.59. The number of hydrogen-bond acceptors (Lipinski definition) is 6. The number of H-pyrrole nitrogens is 2. The van der Waals surface area contributed by atoms with Crippen LogP contribution in [0.4, 0.5) is 5.95 Å². The molecule has 9 heteroatoms. The van der Waals surface area contributed by atoms with E-state index in [1.807, 2.05) is 32.1 Å². The molecule has 0 unspecified atom stereocenters. The van der Waals surface area contributed by atoms with Crippen LogP contribution in [0.25, 0.3) is 0 Å². The van der Waals surface area contributed by atoms with Crippen LogP contribution in [0.1, 0.15) is 48.1 Å². The predicted molar refractivity (Wildman–Crippen MR) is 108 cm³/mol. The molecule has 0 radical (unpaired) electrons. The lowest BCUT2D eigenvalue weighted by atomic mass is 10.1. The van der Waals surface area contributed by atoms with Gasteiger partial charge in [-0.15, -0.1) is 0 Å². The molecule has 1 aliphatic rings. The molecular formula is C19H29N7O2. The fraction of sp³-hybridized carbons (Fsp3) is 0.579. The Morgan fingerprint density at radius 1 is 1.32 bits per heavy atom. The number of aromatic nitrogens is 4. The Morgan fingerprint density at radius 3 is 2.71 bits per heavy atom. The number of nitrogens with zero attached hydrogens (tertiary/aromatic N) is 5. The maximum atomic E-state index is 12.7. The maximum absolute atomic E-state index is 12.7. The molecule has 3 heterocycles. The van der Waals surface area contributed by atoms with E-state index in [2.05, 4.69) is 38.9 Å². The van der Waals surface area contributed by atoms with Gasteiger partial charge < -0.3 is 9.80 Å². The minimum absolute atomic E-state index is 0.0387. The van der Waals surface area contributed by atoms with Gasteiger partial charge in [-0.3, -0.25) is 24.6 Å². The van der Waals surface area contributed by atoms with Crippen molar-refractivity contribution in [2.24, 2.45) is 0 Å². The Morgan fingerprint density at radius 2 is 2.07 bits per heavy atom. The highest BCUT2D eigenvalue weighted by molar-refractivity contribution is 5.92. The van der Waals surface area contributed by atoms with Crippen molar-refractivity contribution in [1.82, 2.24) is 30.0 Å². The lowest BCUT2D eigenvalue weighted by molar-refractivity contribution is 0.0773. The molecule has 0 aliphatic carbocycles. The molecule has 2 N–H and O–H groups in total. The number of carbonyl (C=O) groups excluding carboxylic acids is 1. The van der Waals surface area contributed by atoms with Crippen LogP contribution in [0.15, 0.2) is 16.9 Å². The van der Waals surface area contributed by atoms with E-state index >= 15 is 0 Å². The molecule has 0 spiro atoms. The number of anilines is 1. The average Bonchev–Trinajstić information content (AvgIpc) is 3.30. The molecule has 1 fully saturated rings. The van der Waals surface area contributed by atoms with Gasteiger partial charge in [0.15, 0.2) is 0 Å². The molecule has 0 aromatic carbocycles. The molecule has 1 atom stereocenters. The summed E-state index contributed by atoms with van der Waals surface area (Å²) in [6.07, 6.45) is 0.882. The van der Waals surface area contributed by atoms with Crippen molar-refractivity contribution in [3.63, 3.8) is 0 Å². The van der Waals surface area contributed by atoms with Gasteiger partial charge in [0.2, 0.25) is 5.95 Å². The number of aromatic amines is 2. The number of amides is 1. The Hall–Kier alpha value is -2.68. The van der Waals surface area contributed by atoms with Gasteiger partial charge in [-0.25, -0.2) is 4.98 Å². The Bertz CT molecular complexity index is 886. The summed E-state index contributed by atoms with van der Waals surface area (Å²) in [6.45, 7) is 6.02. The number of hydrogen-bond donors (Lipinski definition) is 2. The smallest absolute Gasteiger partial charge is 0.274 e. The van der Waals surface area contributed by atoms with Crippen molar-refractivity contribution in [2.75, 3.05) is 39.1 Å². The first-order valence-electron chi connectivity index (χ1n) is 9.57. The number of nitrogens with one attached hydrogen (secondary N) is 2. The molecule has 9 nitrogen and oxygen atoms in total. The Labute approximate surface area is 164 Å². The number of likely N-dealkylation sites (tertiary alicyclic amines) is 1. The molecule has 2 aromatic rings. The molecule has 1 saturated heterocycles. The standard InChI is InChI=1S/C19H29N7O2/c1-12(2)15-9-16(23-22-15)18(28)26-7-6-14(11-26)25(5)10-13-8-17(27)21-19(20-13)24(3)4/h8-9,12,14H,6-7,10-11H2,1-5H3,(H,22,23)(H,20,21,27)/t14-/m1/s1. The Balaban J connectivity index is 1.63. The molecule has 1 amide bonds. The second-order valence-electron chi connectivity index (χ2n) is 7.93. The van der Waals surface area contributed by atoms with Gasteiger partial charge in [0, 0.05) is 51.5 Å². The zero-order valence-corrected chi connectivity index (χ0v) is 17.2. The lowest BCUT2D eigenvalue weighted by Gasteiger charge is -2.24. The van der Waals surface area contributed by atoms with E-state index in [9.17, 15) is 9.59 Å². The van der Waals surface area contributed by atoms with Gasteiger partial charge in [0.25, 0.3) is 11.5 Å². The molecular weight excluding hydrogens is 358 g/mol. The van der Waals surface area contributed by atoms with E-state index in [0.29, 0.717) is 42.9 Å². The minimum atomic E-state index is -0.162. The van der Waals surface area contributed by atoms with Gasteiger partial charge in [0.1, 0.15) is 5.69 Å². The summed E-state index contributed by atoms with van der Waals surface area (Å²) >= 11 is 0. The van der Waals surface area contributed by atoms with Crippen LogP contribution in [0, 0.1) is 0 Å². The third kappa shape index (κ3) is 4.41. The molecule has 0 saturated carbocycles. The molecule has 2 aromatic heterocycles. The number of likely N-dealkylation sites (N-methyl/N-ethyl adjacent to an activating group) is 1. The van der Waals surface area contributed by atoms with E-state index in [1.54, 1.807) is 4.90 Å². The van der Waals surface area contributed by atoms with Gasteiger partial charge in [-0.1, -0.05) is 13.8 Å². The van der Waals surface area contributed by atoms with E-state index in [0.717, 1.165) is 12.1 Å². The van der Waals surface area contributed by atoms with Crippen molar-refractivity contribution < 1.29 is 4.79 Å². The molecule has 28 heavy (non-hydrogen) atoms. The number of rotatable bonds is 6. The highest BCUT2D eigenvalue weighted by atomic mass is 16.2. The van der Waals surface area contributed by atoms with E-state index < -0.39 is 0 Å². The summed E-state index contributed by atoms with van der Waals surface area (Å²) in [5.41, 5.74) is 1.99. The fourth-order valence-corrected chi connectivity index (χ4v) is 3.36. The van der Waals surface area contributed by atoms with Gasteiger partial charge in [0.05, 0.1) is 5.69 Å². The topological polar surface area (TPSA) is 101 Å². The summed E-state index contributed by atoms with van der Waals surface area (Å²) in [7, 11) is 5.68. The summed E-state index contributed by atoms with van der Waals surface area (Å²) in [5, 5.41) is 7.12. The summed E-state index contributed by atoms with van der Waals surface area (Å²) in [4.78, 5) is 37.6. The van der Waals surface area contributed by atoms with Crippen LogP contribution in [-0.2, 0) is 6.54 Å². The van der Waals surface area contributed by atoms with E-state index in [-0.39, 0.29) is 17.5 Å². The van der Waals surface area contributed by atoms with Crippen molar-refractivity contribution in [2.45, 2.75) is 38.8 Å². The molecule has 3 rings (SSSR count). The zero-order chi connectivity index (χ0) is 20.4. The van der Waals surface area contributed by atoms with Crippen LogP contribution < -0.4 is 10.5 Å². The highest BCUT2D eigenvalue weighted by Crippen LogP contribution is 2.19. The first-order valence-corrected chi connectivity index (χ1v) is 9.57. The van der Waals surface area contributed by atoms with Crippen molar-refractivity contribution >= 4 is 11.9 Å². The van der Waals surface area contributed by atoms with Crippen LogP contribution in [0.2, 0.25) is 0 Å². The first kappa shape index (κ1) is 20.1. The van der Waals surface area contributed by atoms with Gasteiger partial charge >= 0.3 is 0 Å². The van der Waals surface area contributed by atoms with Gasteiger partial charge in [-0.05, 0) is 25.5 Å². The largest absolute Gasteiger partial charge is 0.348 e. The van der Waals surface area contributed by atoms with Crippen LogP contribution in [-0.4, -0.2) is 76.1 Å². The van der Waals surface area contributed by atoms with Crippen LogP contribution in [0.3, 0.4) is 0 Å². The number of carbonyl (C=O) groups is 1. The quantitative estimate of drug-likeness (QED) is 0.768. The third-order valence-corrected chi connectivity index (χ3v) is 5.13. The van der Waals surface area contributed by atoms with E-state index in [1.165, 1.54) is 6.07 Å². The summed E-state index contributed by atoms with van der Waals surface area (Å²) < 4.78 is 0. The van der Waals surface area contributed by atoms with Crippen LogP contribution in [0.5, 0.6) is 0 Å². The average molecular weight is 387 g/mol. The fourth-order valence-electron chi connectivity index (χ4n) is 3.36. The Kier molecular flexibility index (Phi) is 5.83.